The second kappa shape index (κ2) is 8.31. The van der Waals surface area contributed by atoms with E-state index in [9.17, 15) is 24.8 Å². The molecular formula is C23H22N2O6. The number of carbonyl (C=O) groups excluding carboxylic acids is 2. The van der Waals surface area contributed by atoms with Gasteiger partial charge in [0.2, 0.25) is 0 Å². The Morgan fingerprint density at radius 3 is 2.42 bits per heavy atom. The van der Waals surface area contributed by atoms with Crippen LogP contribution in [0.1, 0.15) is 35.6 Å². The van der Waals surface area contributed by atoms with E-state index in [1.807, 2.05) is 6.92 Å². The summed E-state index contributed by atoms with van der Waals surface area (Å²) < 4.78 is 5.65. The monoisotopic (exact) mass is 422 g/mol. The highest BCUT2D eigenvalue weighted by Crippen LogP contribution is 2.40. The molecule has 2 saturated heterocycles. The third-order valence-corrected chi connectivity index (χ3v) is 5.71. The molecule has 1 amide bonds. The van der Waals surface area contributed by atoms with E-state index in [-0.39, 0.29) is 29.7 Å². The van der Waals surface area contributed by atoms with Crippen LogP contribution in [-0.2, 0) is 14.3 Å². The zero-order valence-corrected chi connectivity index (χ0v) is 17.0. The predicted octanol–water partition coefficient (Wildman–Crippen LogP) is 3.50. The molecule has 0 bridgehead atoms. The fraction of sp³-hybridized carbons (Fsp3) is 0.304. The molecule has 0 saturated carbocycles. The number of nitro groups is 1. The van der Waals surface area contributed by atoms with Crippen LogP contribution in [0.2, 0.25) is 0 Å². The number of hydrogen-bond acceptors (Lipinski definition) is 6. The number of ketones is 1. The molecule has 0 spiro atoms. The van der Waals surface area contributed by atoms with E-state index < -0.39 is 22.7 Å². The van der Waals surface area contributed by atoms with Crippen LogP contribution in [-0.4, -0.2) is 45.9 Å². The van der Waals surface area contributed by atoms with Crippen molar-refractivity contribution in [2.75, 3.05) is 13.2 Å². The summed E-state index contributed by atoms with van der Waals surface area (Å²) in [6.07, 6.45) is 1.45. The number of aliphatic hydroxyl groups excluding tert-OH is 1. The van der Waals surface area contributed by atoms with E-state index in [0.29, 0.717) is 17.7 Å². The first kappa shape index (κ1) is 20.7. The Hall–Kier alpha value is -3.52. The van der Waals surface area contributed by atoms with Crippen LogP contribution in [0.15, 0.2) is 54.1 Å². The highest BCUT2D eigenvalue weighted by Gasteiger charge is 2.47. The first-order chi connectivity index (χ1) is 14.9. The predicted molar refractivity (Wildman–Crippen MR) is 112 cm³/mol. The van der Waals surface area contributed by atoms with Gasteiger partial charge in [0.1, 0.15) is 5.76 Å². The lowest BCUT2D eigenvalue weighted by atomic mass is 9.94. The van der Waals surface area contributed by atoms with Gasteiger partial charge in [-0.05, 0) is 37.5 Å². The summed E-state index contributed by atoms with van der Waals surface area (Å²) in [6.45, 7) is 2.71. The van der Waals surface area contributed by atoms with Gasteiger partial charge in [-0.15, -0.1) is 0 Å². The van der Waals surface area contributed by atoms with Crippen molar-refractivity contribution in [2.45, 2.75) is 31.9 Å². The molecule has 2 aliphatic rings. The van der Waals surface area contributed by atoms with Crippen LogP contribution in [0, 0.1) is 17.0 Å². The Morgan fingerprint density at radius 1 is 1.16 bits per heavy atom. The van der Waals surface area contributed by atoms with Crippen LogP contribution in [0.5, 0.6) is 0 Å². The third kappa shape index (κ3) is 3.94. The summed E-state index contributed by atoms with van der Waals surface area (Å²) >= 11 is 0. The van der Waals surface area contributed by atoms with E-state index in [1.54, 1.807) is 24.3 Å². The van der Waals surface area contributed by atoms with Crippen molar-refractivity contribution < 1.29 is 24.4 Å². The number of benzene rings is 2. The van der Waals surface area contributed by atoms with Crippen molar-refractivity contribution in [2.24, 2.45) is 0 Å². The maximum atomic E-state index is 13.0. The topological polar surface area (TPSA) is 110 Å². The summed E-state index contributed by atoms with van der Waals surface area (Å²) in [5.41, 5.74) is 1.80. The number of nitrogens with zero attached hydrogens (tertiary/aromatic N) is 2. The molecule has 4 rings (SSSR count). The minimum Gasteiger partial charge on any atom is -0.507 e. The molecule has 0 unspecified atom stereocenters. The SMILES string of the molecule is Cc1ccc(C(O)=C2C(=O)C(=O)N(C[C@@H]3CCCO3)[C@H]2c2ccc([N+](=O)[O-])cc2)cc1. The van der Waals surface area contributed by atoms with E-state index in [0.717, 1.165) is 18.4 Å². The molecule has 160 valence electrons. The molecule has 0 aliphatic carbocycles. The Morgan fingerprint density at radius 2 is 1.84 bits per heavy atom. The molecule has 0 aromatic heterocycles. The number of nitro benzene ring substituents is 1. The smallest absolute Gasteiger partial charge is 0.295 e. The van der Waals surface area contributed by atoms with Gasteiger partial charge in [0, 0.05) is 30.8 Å². The van der Waals surface area contributed by atoms with Crippen LogP contribution >= 0.6 is 0 Å². The Labute approximate surface area is 178 Å². The first-order valence-corrected chi connectivity index (χ1v) is 10.1. The average Bonchev–Trinajstić information content (AvgIpc) is 3.36. The molecule has 2 fully saturated rings. The number of aliphatic hydroxyl groups is 1. The molecular weight excluding hydrogens is 400 g/mol. The van der Waals surface area contributed by atoms with Crippen LogP contribution in [0.3, 0.4) is 0 Å². The number of rotatable bonds is 5. The van der Waals surface area contributed by atoms with E-state index in [1.165, 1.54) is 29.2 Å². The van der Waals surface area contributed by atoms with Gasteiger partial charge in [0.15, 0.2) is 0 Å². The summed E-state index contributed by atoms with van der Waals surface area (Å²) in [5, 5.41) is 22.0. The molecule has 2 atom stereocenters. The van der Waals surface area contributed by atoms with Gasteiger partial charge in [0.25, 0.3) is 17.4 Å². The Kier molecular flexibility index (Phi) is 5.56. The van der Waals surface area contributed by atoms with Gasteiger partial charge in [-0.2, -0.15) is 0 Å². The summed E-state index contributed by atoms with van der Waals surface area (Å²) in [6, 6.07) is 11.8. The number of carbonyl (C=O) groups is 2. The fourth-order valence-corrected chi connectivity index (χ4v) is 4.07. The number of hydrogen-bond donors (Lipinski definition) is 1. The van der Waals surface area contributed by atoms with Crippen LogP contribution in [0.4, 0.5) is 5.69 Å². The van der Waals surface area contributed by atoms with Crippen LogP contribution in [0.25, 0.3) is 5.76 Å². The molecule has 2 aromatic carbocycles. The Balaban J connectivity index is 1.81. The van der Waals surface area contributed by atoms with E-state index in [2.05, 4.69) is 0 Å². The normalized spacial score (nSPS) is 22.8. The lowest BCUT2D eigenvalue weighted by Gasteiger charge is -2.27. The number of amides is 1. The number of likely N-dealkylation sites (tertiary alicyclic amines) is 1. The summed E-state index contributed by atoms with van der Waals surface area (Å²) in [4.78, 5) is 37.8. The van der Waals surface area contributed by atoms with Gasteiger partial charge in [-0.25, -0.2) is 0 Å². The maximum Gasteiger partial charge on any atom is 0.295 e. The molecule has 8 heteroatoms. The first-order valence-electron chi connectivity index (χ1n) is 10.1. The van der Waals surface area contributed by atoms with Crippen LogP contribution < -0.4 is 0 Å². The molecule has 8 nitrogen and oxygen atoms in total. The van der Waals surface area contributed by atoms with Gasteiger partial charge in [-0.3, -0.25) is 19.7 Å². The van der Waals surface area contributed by atoms with Gasteiger partial charge in [0.05, 0.1) is 22.6 Å². The van der Waals surface area contributed by atoms with Crippen molar-refractivity contribution in [1.82, 2.24) is 4.90 Å². The van der Waals surface area contributed by atoms with Crippen molar-refractivity contribution in [1.29, 1.82) is 0 Å². The highest BCUT2D eigenvalue weighted by molar-refractivity contribution is 6.46. The molecule has 2 heterocycles. The number of non-ortho nitro benzene ring substituents is 1. The number of ether oxygens (including phenoxy) is 1. The maximum absolute atomic E-state index is 13.0. The second-order valence-corrected chi connectivity index (χ2v) is 7.80. The Bertz CT molecular complexity index is 1050. The summed E-state index contributed by atoms with van der Waals surface area (Å²) in [5.74, 6) is -1.76. The third-order valence-electron chi connectivity index (χ3n) is 5.71. The quantitative estimate of drug-likeness (QED) is 0.260. The molecule has 1 N–H and O–H groups in total. The zero-order valence-electron chi connectivity index (χ0n) is 17.0. The van der Waals surface area contributed by atoms with Gasteiger partial charge < -0.3 is 14.7 Å². The lowest BCUT2D eigenvalue weighted by molar-refractivity contribution is -0.384. The lowest BCUT2D eigenvalue weighted by Crippen LogP contribution is -2.36. The number of Topliss-reactive ketones (excluding diaryl/α,β-unsaturated/α-hetero) is 1. The minimum absolute atomic E-state index is 0.0271. The second-order valence-electron chi connectivity index (χ2n) is 7.80. The minimum atomic E-state index is -0.855. The highest BCUT2D eigenvalue weighted by atomic mass is 16.6. The number of aryl methyl sites for hydroxylation is 1. The zero-order chi connectivity index (χ0) is 22.1. The molecule has 31 heavy (non-hydrogen) atoms. The molecule has 2 aromatic rings. The van der Waals surface area contributed by atoms with Gasteiger partial charge >= 0.3 is 0 Å². The van der Waals surface area contributed by atoms with Crippen molar-refractivity contribution in [3.8, 4) is 0 Å². The van der Waals surface area contributed by atoms with E-state index >= 15 is 0 Å². The summed E-state index contributed by atoms with van der Waals surface area (Å²) in [7, 11) is 0. The van der Waals surface area contributed by atoms with E-state index in [4.69, 9.17) is 4.74 Å². The average molecular weight is 422 g/mol. The van der Waals surface area contributed by atoms with Crippen molar-refractivity contribution in [3.05, 3.63) is 80.9 Å². The van der Waals surface area contributed by atoms with Crippen molar-refractivity contribution >= 4 is 23.1 Å². The fourth-order valence-electron chi connectivity index (χ4n) is 4.07. The molecule has 0 radical (unpaired) electrons. The van der Waals surface area contributed by atoms with Gasteiger partial charge in [-0.1, -0.05) is 29.8 Å². The largest absolute Gasteiger partial charge is 0.507 e. The standard InChI is InChI=1S/C23H22N2O6/c1-14-4-6-16(7-5-14)21(26)19-20(15-8-10-17(11-9-15)25(29)30)24(23(28)22(19)27)13-18-3-2-12-31-18/h4-11,18,20,26H,2-3,12-13H2,1H3/t18-,20-/m0/s1. The van der Waals surface area contributed by atoms with Crippen molar-refractivity contribution in [3.63, 3.8) is 0 Å². The molecule has 2 aliphatic heterocycles.